The van der Waals surface area contributed by atoms with Crippen LogP contribution in [0.4, 0.5) is 4.39 Å². The summed E-state index contributed by atoms with van der Waals surface area (Å²) in [5.41, 5.74) is 6.36. The first-order chi connectivity index (χ1) is 7.46. The number of halogens is 1. The van der Waals surface area contributed by atoms with Crippen LogP contribution < -0.4 is 15.2 Å². The Hall–Kier alpha value is -1.29. The number of nitrogens with two attached hydrogens (primary N) is 1. The van der Waals surface area contributed by atoms with Crippen LogP contribution in [-0.2, 0) is 6.42 Å². The van der Waals surface area contributed by atoms with Gasteiger partial charge < -0.3 is 15.2 Å². The molecule has 0 bridgehead atoms. The Bertz CT molecular complexity index is 399. The molecule has 0 aromatic heterocycles. The van der Waals surface area contributed by atoms with E-state index in [0.717, 1.165) is 5.56 Å². The van der Waals surface area contributed by atoms with Gasteiger partial charge in [-0.05, 0) is 38.0 Å². The molecule has 0 aliphatic carbocycles. The Kier molecular flexibility index (Phi) is 2.76. The van der Waals surface area contributed by atoms with Crippen molar-refractivity contribution in [2.75, 3.05) is 13.2 Å². The van der Waals surface area contributed by atoms with Gasteiger partial charge in [-0.25, -0.2) is 4.39 Å². The standard InChI is InChI=1S/C12H16FNO2/c1-12(2,14)7-8-5-9(13)11-10(6-8)15-3-4-16-11/h5-6H,3-4,7,14H2,1-2H3. The van der Waals surface area contributed by atoms with Crippen molar-refractivity contribution in [3.8, 4) is 11.5 Å². The molecule has 0 fully saturated rings. The highest BCUT2D eigenvalue weighted by atomic mass is 19.1. The van der Waals surface area contributed by atoms with Crippen molar-refractivity contribution in [1.29, 1.82) is 0 Å². The minimum Gasteiger partial charge on any atom is -0.486 e. The van der Waals surface area contributed by atoms with Crippen LogP contribution in [0.15, 0.2) is 12.1 Å². The van der Waals surface area contributed by atoms with E-state index >= 15 is 0 Å². The van der Waals surface area contributed by atoms with Gasteiger partial charge in [-0.2, -0.15) is 0 Å². The average Bonchev–Trinajstić information content (AvgIpc) is 2.15. The maximum Gasteiger partial charge on any atom is 0.197 e. The summed E-state index contributed by atoms with van der Waals surface area (Å²) in [5, 5.41) is 0. The minimum absolute atomic E-state index is 0.213. The predicted octanol–water partition coefficient (Wildman–Crippen LogP) is 1.88. The molecule has 1 aromatic rings. The quantitative estimate of drug-likeness (QED) is 0.835. The number of hydrogen-bond donors (Lipinski definition) is 1. The zero-order chi connectivity index (χ0) is 11.8. The van der Waals surface area contributed by atoms with Crippen LogP contribution in [0.1, 0.15) is 19.4 Å². The molecule has 16 heavy (non-hydrogen) atoms. The lowest BCUT2D eigenvalue weighted by Crippen LogP contribution is -2.34. The summed E-state index contributed by atoms with van der Waals surface area (Å²) in [6, 6.07) is 3.26. The van der Waals surface area contributed by atoms with Gasteiger partial charge in [-0.3, -0.25) is 0 Å². The van der Waals surface area contributed by atoms with Gasteiger partial charge in [0.25, 0.3) is 0 Å². The molecule has 2 N–H and O–H groups in total. The Morgan fingerprint density at radius 1 is 1.31 bits per heavy atom. The van der Waals surface area contributed by atoms with Gasteiger partial charge in [0.1, 0.15) is 13.2 Å². The van der Waals surface area contributed by atoms with Gasteiger partial charge in [0.05, 0.1) is 0 Å². The molecule has 0 unspecified atom stereocenters. The maximum atomic E-state index is 13.7. The molecule has 88 valence electrons. The second-order valence-electron chi connectivity index (χ2n) is 4.77. The van der Waals surface area contributed by atoms with Crippen LogP contribution in [0.25, 0.3) is 0 Å². The Labute approximate surface area is 94.3 Å². The van der Waals surface area contributed by atoms with E-state index in [1.165, 1.54) is 6.07 Å². The summed E-state index contributed by atoms with van der Waals surface area (Å²) in [6.45, 7) is 4.66. The predicted molar refractivity (Wildman–Crippen MR) is 59.4 cm³/mol. The van der Waals surface area contributed by atoms with E-state index in [1.54, 1.807) is 6.07 Å². The SMILES string of the molecule is CC(C)(N)Cc1cc(F)c2c(c1)OCCO2. The minimum atomic E-state index is -0.378. The van der Waals surface area contributed by atoms with Gasteiger partial charge in [-0.15, -0.1) is 0 Å². The third kappa shape index (κ3) is 2.44. The largest absolute Gasteiger partial charge is 0.486 e. The summed E-state index contributed by atoms with van der Waals surface area (Å²) in [6.07, 6.45) is 0.598. The number of hydrogen-bond acceptors (Lipinski definition) is 3. The molecule has 0 saturated heterocycles. The fourth-order valence-corrected chi connectivity index (χ4v) is 1.79. The first kappa shape index (κ1) is 11.2. The van der Waals surface area contributed by atoms with E-state index in [9.17, 15) is 4.39 Å². The van der Waals surface area contributed by atoms with Crippen LogP contribution in [0.5, 0.6) is 11.5 Å². The van der Waals surface area contributed by atoms with Gasteiger partial charge in [0.15, 0.2) is 17.3 Å². The van der Waals surface area contributed by atoms with E-state index in [1.807, 2.05) is 13.8 Å². The normalized spacial score (nSPS) is 15.0. The molecule has 1 aromatic carbocycles. The summed E-state index contributed by atoms with van der Waals surface area (Å²) in [5.74, 6) is 0.312. The van der Waals surface area contributed by atoms with E-state index in [4.69, 9.17) is 15.2 Å². The molecule has 0 saturated carbocycles. The van der Waals surface area contributed by atoms with Crippen LogP contribution in [0, 0.1) is 5.82 Å². The van der Waals surface area contributed by atoms with E-state index < -0.39 is 0 Å². The Morgan fingerprint density at radius 2 is 2.00 bits per heavy atom. The Morgan fingerprint density at radius 3 is 2.69 bits per heavy atom. The summed E-state index contributed by atoms with van der Waals surface area (Å²) in [4.78, 5) is 0. The molecular formula is C12H16FNO2. The topological polar surface area (TPSA) is 44.5 Å². The lowest BCUT2D eigenvalue weighted by Gasteiger charge is -2.22. The smallest absolute Gasteiger partial charge is 0.197 e. The molecule has 3 nitrogen and oxygen atoms in total. The van der Waals surface area contributed by atoms with Crippen LogP contribution in [-0.4, -0.2) is 18.8 Å². The van der Waals surface area contributed by atoms with Crippen LogP contribution in [0.3, 0.4) is 0 Å². The lowest BCUT2D eigenvalue weighted by atomic mass is 9.96. The molecular weight excluding hydrogens is 209 g/mol. The van der Waals surface area contributed by atoms with Crippen molar-refractivity contribution < 1.29 is 13.9 Å². The molecule has 1 heterocycles. The molecule has 0 spiro atoms. The molecule has 1 aliphatic heterocycles. The third-order valence-corrected chi connectivity index (χ3v) is 2.32. The zero-order valence-electron chi connectivity index (χ0n) is 9.55. The first-order valence-corrected chi connectivity index (χ1v) is 5.33. The second kappa shape index (κ2) is 3.94. The zero-order valence-corrected chi connectivity index (χ0v) is 9.55. The molecule has 0 atom stereocenters. The van der Waals surface area contributed by atoms with Crippen molar-refractivity contribution in [3.63, 3.8) is 0 Å². The van der Waals surface area contributed by atoms with Gasteiger partial charge in [0.2, 0.25) is 0 Å². The number of fused-ring (bicyclic) bond motifs is 1. The summed E-state index contributed by atoms with van der Waals surface area (Å²) < 4.78 is 24.2. The highest BCUT2D eigenvalue weighted by molar-refractivity contribution is 5.45. The van der Waals surface area contributed by atoms with Crippen molar-refractivity contribution in [3.05, 3.63) is 23.5 Å². The Balaban J connectivity index is 2.32. The molecule has 2 rings (SSSR count). The van der Waals surface area contributed by atoms with Crippen molar-refractivity contribution in [2.45, 2.75) is 25.8 Å². The highest BCUT2D eigenvalue weighted by Gasteiger charge is 2.20. The van der Waals surface area contributed by atoms with Gasteiger partial charge in [-0.1, -0.05) is 0 Å². The van der Waals surface area contributed by atoms with Gasteiger partial charge in [0, 0.05) is 5.54 Å². The summed E-state index contributed by atoms with van der Waals surface area (Å²) >= 11 is 0. The highest BCUT2D eigenvalue weighted by Crippen LogP contribution is 2.34. The van der Waals surface area contributed by atoms with E-state index in [0.29, 0.717) is 25.4 Å². The van der Waals surface area contributed by atoms with Gasteiger partial charge >= 0.3 is 0 Å². The maximum absolute atomic E-state index is 13.7. The number of rotatable bonds is 2. The third-order valence-electron chi connectivity index (χ3n) is 2.32. The fourth-order valence-electron chi connectivity index (χ4n) is 1.79. The monoisotopic (exact) mass is 225 g/mol. The molecule has 1 aliphatic rings. The molecule has 0 radical (unpaired) electrons. The number of ether oxygens (including phenoxy) is 2. The van der Waals surface area contributed by atoms with E-state index in [-0.39, 0.29) is 17.1 Å². The molecule has 4 heteroatoms. The fraction of sp³-hybridized carbons (Fsp3) is 0.500. The lowest BCUT2D eigenvalue weighted by molar-refractivity contribution is 0.164. The first-order valence-electron chi connectivity index (χ1n) is 5.33. The van der Waals surface area contributed by atoms with E-state index in [2.05, 4.69) is 0 Å². The summed E-state index contributed by atoms with van der Waals surface area (Å²) in [7, 11) is 0. The average molecular weight is 225 g/mol. The van der Waals surface area contributed by atoms with Crippen LogP contribution >= 0.6 is 0 Å². The second-order valence-corrected chi connectivity index (χ2v) is 4.77. The van der Waals surface area contributed by atoms with Crippen molar-refractivity contribution in [2.24, 2.45) is 5.73 Å². The van der Waals surface area contributed by atoms with Crippen molar-refractivity contribution >= 4 is 0 Å². The number of benzene rings is 1. The van der Waals surface area contributed by atoms with Crippen molar-refractivity contribution in [1.82, 2.24) is 0 Å². The van der Waals surface area contributed by atoms with Crippen LogP contribution in [0.2, 0.25) is 0 Å². The molecule has 0 amide bonds.